The van der Waals surface area contributed by atoms with Crippen LogP contribution in [0.1, 0.15) is 52.2 Å². The fraction of sp³-hybridized carbons (Fsp3) is 0.440. The molecule has 0 unspecified atom stereocenters. The smallest absolute Gasteiger partial charge is 0.261 e. The van der Waals surface area contributed by atoms with Crippen LogP contribution >= 0.6 is 11.6 Å². The molecule has 5 nitrogen and oxygen atoms in total. The molecule has 0 saturated heterocycles. The van der Waals surface area contributed by atoms with Crippen molar-refractivity contribution >= 4 is 23.4 Å². The third-order valence-corrected chi connectivity index (χ3v) is 5.28. The molecule has 31 heavy (non-hydrogen) atoms. The first kappa shape index (κ1) is 24.7. The second-order valence-corrected chi connectivity index (χ2v) is 9.12. The van der Waals surface area contributed by atoms with Crippen molar-refractivity contribution < 1.29 is 14.3 Å². The van der Waals surface area contributed by atoms with Gasteiger partial charge in [0.2, 0.25) is 5.91 Å². The van der Waals surface area contributed by atoms with E-state index in [-0.39, 0.29) is 30.4 Å². The molecule has 0 heterocycles. The third-order valence-electron chi connectivity index (χ3n) is 5.04. The van der Waals surface area contributed by atoms with E-state index >= 15 is 0 Å². The highest BCUT2D eigenvalue weighted by atomic mass is 35.5. The number of benzene rings is 2. The second kappa shape index (κ2) is 11.2. The SMILES string of the molecule is CCCNC(=O)[C@H](C)N(Cc1cccc(Cl)c1)C(=O)COc1ccc(C(C)(C)C)cc1. The van der Waals surface area contributed by atoms with Gasteiger partial charge < -0.3 is 15.0 Å². The van der Waals surface area contributed by atoms with Crippen molar-refractivity contribution in [2.75, 3.05) is 13.2 Å². The number of hydrogen-bond donors (Lipinski definition) is 1. The summed E-state index contributed by atoms with van der Waals surface area (Å²) in [6, 6.07) is 14.4. The molecule has 1 N–H and O–H groups in total. The first-order valence-electron chi connectivity index (χ1n) is 10.7. The van der Waals surface area contributed by atoms with Gasteiger partial charge in [0.1, 0.15) is 11.8 Å². The summed E-state index contributed by atoms with van der Waals surface area (Å²) in [6.45, 7) is 10.8. The zero-order chi connectivity index (χ0) is 23.0. The molecule has 2 aromatic rings. The topological polar surface area (TPSA) is 58.6 Å². The summed E-state index contributed by atoms with van der Waals surface area (Å²) in [7, 11) is 0. The molecule has 168 valence electrons. The Morgan fingerprint density at radius 3 is 2.39 bits per heavy atom. The minimum atomic E-state index is -0.634. The Morgan fingerprint density at radius 1 is 1.13 bits per heavy atom. The summed E-state index contributed by atoms with van der Waals surface area (Å²) >= 11 is 6.10. The minimum absolute atomic E-state index is 0.0450. The second-order valence-electron chi connectivity index (χ2n) is 8.68. The number of ether oxygens (including phenoxy) is 1. The van der Waals surface area contributed by atoms with Crippen LogP contribution in [0.25, 0.3) is 0 Å². The molecule has 0 saturated carbocycles. The summed E-state index contributed by atoms with van der Waals surface area (Å²) in [6.07, 6.45) is 0.828. The molecule has 0 fully saturated rings. The van der Waals surface area contributed by atoms with Crippen LogP contribution in [0.5, 0.6) is 5.75 Å². The standard InChI is InChI=1S/C25H33ClN2O3/c1-6-14-27-24(30)18(2)28(16-19-8-7-9-21(26)15-19)23(29)17-31-22-12-10-20(11-13-22)25(3,4)5/h7-13,15,18H,6,14,16-17H2,1-5H3,(H,27,30)/t18-/m0/s1. The Hall–Kier alpha value is -2.53. The molecule has 0 spiro atoms. The van der Waals surface area contributed by atoms with E-state index in [4.69, 9.17) is 16.3 Å². The van der Waals surface area contributed by atoms with Gasteiger partial charge in [-0.2, -0.15) is 0 Å². The maximum Gasteiger partial charge on any atom is 0.261 e. The predicted molar refractivity (Wildman–Crippen MR) is 125 cm³/mol. The van der Waals surface area contributed by atoms with Crippen molar-refractivity contribution in [1.82, 2.24) is 10.2 Å². The number of halogens is 1. The summed E-state index contributed by atoms with van der Waals surface area (Å²) in [5.74, 6) is 0.165. The average Bonchev–Trinajstić information content (AvgIpc) is 2.73. The van der Waals surface area contributed by atoms with E-state index in [0.29, 0.717) is 17.3 Å². The van der Waals surface area contributed by atoms with E-state index in [2.05, 4.69) is 26.1 Å². The molecular formula is C25H33ClN2O3. The van der Waals surface area contributed by atoms with Crippen molar-refractivity contribution in [3.63, 3.8) is 0 Å². The van der Waals surface area contributed by atoms with Gasteiger partial charge in [-0.25, -0.2) is 0 Å². The predicted octanol–water partition coefficient (Wildman–Crippen LogP) is 4.96. The summed E-state index contributed by atoms with van der Waals surface area (Å²) < 4.78 is 5.74. The molecule has 6 heteroatoms. The van der Waals surface area contributed by atoms with Gasteiger partial charge >= 0.3 is 0 Å². The van der Waals surface area contributed by atoms with E-state index < -0.39 is 6.04 Å². The van der Waals surface area contributed by atoms with E-state index in [1.807, 2.05) is 43.3 Å². The first-order valence-corrected chi connectivity index (χ1v) is 11.0. The van der Waals surface area contributed by atoms with Crippen LogP contribution in [-0.2, 0) is 21.5 Å². The quantitative estimate of drug-likeness (QED) is 0.594. The monoisotopic (exact) mass is 444 g/mol. The Kier molecular flexibility index (Phi) is 8.93. The largest absolute Gasteiger partial charge is 0.484 e. The maximum atomic E-state index is 13.0. The number of nitrogens with zero attached hydrogens (tertiary/aromatic N) is 1. The van der Waals surface area contributed by atoms with Crippen LogP contribution in [0, 0.1) is 0 Å². The Morgan fingerprint density at radius 2 is 1.81 bits per heavy atom. The fourth-order valence-corrected chi connectivity index (χ4v) is 3.30. The Labute approximate surface area is 190 Å². The Bertz CT molecular complexity index is 875. The number of hydrogen-bond acceptors (Lipinski definition) is 3. The van der Waals surface area contributed by atoms with Gasteiger partial charge in [-0.3, -0.25) is 9.59 Å². The average molecular weight is 445 g/mol. The van der Waals surface area contributed by atoms with Crippen molar-refractivity contribution in [2.24, 2.45) is 0 Å². The summed E-state index contributed by atoms with van der Waals surface area (Å²) in [5.41, 5.74) is 2.09. The van der Waals surface area contributed by atoms with Crippen LogP contribution in [0.4, 0.5) is 0 Å². The lowest BCUT2D eigenvalue weighted by atomic mass is 9.87. The van der Waals surface area contributed by atoms with Gasteiger partial charge in [0.15, 0.2) is 6.61 Å². The number of carbonyl (C=O) groups is 2. The Balaban J connectivity index is 2.12. The molecular weight excluding hydrogens is 412 g/mol. The highest BCUT2D eigenvalue weighted by Crippen LogP contribution is 2.24. The van der Waals surface area contributed by atoms with Crippen LogP contribution < -0.4 is 10.1 Å². The zero-order valence-electron chi connectivity index (χ0n) is 19.1. The molecule has 0 aliphatic carbocycles. The molecule has 2 amide bonds. The van der Waals surface area contributed by atoms with Gasteiger partial charge in [0, 0.05) is 18.1 Å². The number of amides is 2. The van der Waals surface area contributed by atoms with Crippen LogP contribution in [0.15, 0.2) is 48.5 Å². The van der Waals surface area contributed by atoms with Gasteiger partial charge in [-0.05, 0) is 54.2 Å². The fourth-order valence-electron chi connectivity index (χ4n) is 3.09. The number of rotatable bonds is 9. The highest BCUT2D eigenvalue weighted by molar-refractivity contribution is 6.30. The third kappa shape index (κ3) is 7.59. The van der Waals surface area contributed by atoms with Crippen molar-refractivity contribution in [3.05, 3.63) is 64.7 Å². The van der Waals surface area contributed by atoms with E-state index in [1.54, 1.807) is 19.1 Å². The van der Waals surface area contributed by atoms with Gasteiger partial charge in [-0.15, -0.1) is 0 Å². The van der Waals surface area contributed by atoms with Gasteiger partial charge in [-0.1, -0.05) is 63.6 Å². The molecule has 1 atom stereocenters. The van der Waals surface area contributed by atoms with E-state index in [0.717, 1.165) is 12.0 Å². The lowest BCUT2D eigenvalue weighted by molar-refractivity contribution is -0.142. The molecule has 2 rings (SSSR count). The summed E-state index contributed by atoms with van der Waals surface area (Å²) in [4.78, 5) is 27.1. The van der Waals surface area contributed by atoms with Crippen molar-refractivity contribution in [3.8, 4) is 5.75 Å². The lowest BCUT2D eigenvalue weighted by Crippen LogP contribution is -2.49. The lowest BCUT2D eigenvalue weighted by Gasteiger charge is -2.29. The number of nitrogens with one attached hydrogen (secondary N) is 1. The zero-order valence-corrected chi connectivity index (χ0v) is 19.8. The normalized spacial score (nSPS) is 12.2. The van der Waals surface area contributed by atoms with Gasteiger partial charge in [0.25, 0.3) is 5.91 Å². The minimum Gasteiger partial charge on any atom is -0.484 e. The van der Waals surface area contributed by atoms with Crippen LogP contribution in [0.3, 0.4) is 0 Å². The van der Waals surface area contributed by atoms with Crippen molar-refractivity contribution in [2.45, 2.75) is 59.0 Å². The number of carbonyl (C=O) groups excluding carboxylic acids is 2. The van der Waals surface area contributed by atoms with Crippen LogP contribution in [-0.4, -0.2) is 35.9 Å². The first-order chi connectivity index (χ1) is 14.6. The van der Waals surface area contributed by atoms with Crippen molar-refractivity contribution in [1.29, 1.82) is 0 Å². The molecule has 2 aromatic carbocycles. The van der Waals surface area contributed by atoms with E-state index in [9.17, 15) is 9.59 Å². The van der Waals surface area contributed by atoms with Crippen LogP contribution in [0.2, 0.25) is 5.02 Å². The molecule has 0 aliphatic heterocycles. The molecule has 0 aromatic heterocycles. The molecule has 0 bridgehead atoms. The van der Waals surface area contributed by atoms with Gasteiger partial charge in [0.05, 0.1) is 0 Å². The maximum absolute atomic E-state index is 13.0. The molecule has 0 radical (unpaired) electrons. The van der Waals surface area contributed by atoms with E-state index in [1.165, 1.54) is 10.5 Å². The highest BCUT2D eigenvalue weighted by Gasteiger charge is 2.26. The summed E-state index contributed by atoms with van der Waals surface area (Å²) in [5, 5.41) is 3.45. The molecule has 0 aliphatic rings.